The van der Waals surface area contributed by atoms with Gasteiger partial charge in [-0.25, -0.2) is 4.98 Å². The summed E-state index contributed by atoms with van der Waals surface area (Å²) in [5.74, 6) is 7.15. The van der Waals surface area contributed by atoms with Crippen molar-refractivity contribution >= 4 is 11.6 Å². The number of halogens is 1. The molecule has 2 aromatic heterocycles. The van der Waals surface area contributed by atoms with Crippen LogP contribution in [0.15, 0.2) is 36.8 Å². The zero-order chi connectivity index (χ0) is 14.2. The lowest BCUT2D eigenvalue weighted by atomic mass is 10.2. The molecule has 0 spiro atoms. The Kier molecular flexibility index (Phi) is 5.22. The van der Waals surface area contributed by atoms with Gasteiger partial charge in [0.05, 0.1) is 24.8 Å². The Morgan fingerprint density at radius 3 is 3.05 bits per heavy atom. The van der Waals surface area contributed by atoms with Crippen LogP contribution in [0.5, 0.6) is 11.6 Å². The summed E-state index contributed by atoms with van der Waals surface area (Å²) < 4.78 is 10.8. The minimum absolute atomic E-state index is 0.290. The van der Waals surface area contributed by atoms with Crippen molar-refractivity contribution in [1.82, 2.24) is 9.97 Å². The molecular formula is C15H13ClN2O2. The quantitative estimate of drug-likeness (QED) is 0.641. The number of methoxy groups -OCH3 is 1. The summed E-state index contributed by atoms with van der Waals surface area (Å²) >= 11 is 5.52. The Bertz CT molecular complexity index is 635. The lowest BCUT2D eigenvalue weighted by molar-refractivity contribution is 0.292. The summed E-state index contributed by atoms with van der Waals surface area (Å²) in [7, 11) is 1.58. The van der Waals surface area contributed by atoms with Gasteiger partial charge >= 0.3 is 0 Å². The van der Waals surface area contributed by atoms with Crippen LogP contribution in [-0.2, 0) is 6.61 Å². The van der Waals surface area contributed by atoms with Crippen LogP contribution in [0.4, 0.5) is 0 Å². The van der Waals surface area contributed by atoms with E-state index in [4.69, 9.17) is 21.1 Å². The van der Waals surface area contributed by atoms with Crippen LogP contribution in [-0.4, -0.2) is 23.0 Å². The molecule has 0 atom stereocenters. The molecule has 0 fully saturated rings. The van der Waals surface area contributed by atoms with E-state index in [0.717, 1.165) is 11.1 Å². The van der Waals surface area contributed by atoms with E-state index in [0.29, 0.717) is 18.2 Å². The molecule has 0 aromatic carbocycles. The molecule has 102 valence electrons. The van der Waals surface area contributed by atoms with Crippen molar-refractivity contribution in [2.75, 3.05) is 13.0 Å². The molecule has 20 heavy (non-hydrogen) atoms. The highest BCUT2D eigenvalue weighted by Gasteiger charge is 2.04. The fourth-order valence-corrected chi connectivity index (χ4v) is 1.65. The Morgan fingerprint density at radius 2 is 2.25 bits per heavy atom. The Morgan fingerprint density at radius 1 is 1.35 bits per heavy atom. The fourth-order valence-electron chi connectivity index (χ4n) is 1.58. The van der Waals surface area contributed by atoms with E-state index < -0.39 is 0 Å². The molecule has 0 saturated carbocycles. The zero-order valence-electron chi connectivity index (χ0n) is 11.0. The van der Waals surface area contributed by atoms with Crippen LogP contribution in [0.1, 0.15) is 11.1 Å². The predicted molar refractivity (Wildman–Crippen MR) is 77.0 cm³/mol. The molecule has 0 unspecified atom stereocenters. The number of nitrogens with zero attached hydrogens (tertiary/aromatic N) is 2. The maximum Gasteiger partial charge on any atom is 0.219 e. The highest BCUT2D eigenvalue weighted by Crippen LogP contribution is 2.17. The van der Waals surface area contributed by atoms with Gasteiger partial charge in [-0.2, -0.15) is 0 Å². The highest BCUT2D eigenvalue weighted by molar-refractivity contribution is 6.19. The van der Waals surface area contributed by atoms with Crippen LogP contribution in [0.2, 0.25) is 0 Å². The van der Waals surface area contributed by atoms with E-state index in [1.165, 1.54) is 0 Å². The first-order chi connectivity index (χ1) is 9.83. The van der Waals surface area contributed by atoms with E-state index in [-0.39, 0.29) is 5.88 Å². The van der Waals surface area contributed by atoms with Crippen molar-refractivity contribution in [3.05, 3.63) is 47.9 Å². The number of ether oxygens (including phenoxy) is 2. The summed E-state index contributed by atoms with van der Waals surface area (Å²) in [4.78, 5) is 8.19. The van der Waals surface area contributed by atoms with Crippen molar-refractivity contribution in [3.8, 4) is 23.5 Å². The third-order valence-electron chi connectivity index (χ3n) is 2.45. The van der Waals surface area contributed by atoms with E-state index in [1.54, 1.807) is 25.7 Å². The summed E-state index contributed by atoms with van der Waals surface area (Å²) in [5.41, 5.74) is 1.63. The molecule has 0 N–H and O–H groups in total. The van der Waals surface area contributed by atoms with Gasteiger partial charge in [-0.1, -0.05) is 11.8 Å². The third kappa shape index (κ3) is 3.87. The van der Waals surface area contributed by atoms with E-state index >= 15 is 0 Å². The first-order valence-electron chi connectivity index (χ1n) is 5.94. The van der Waals surface area contributed by atoms with Gasteiger partial charge in [-0.05, 0) is 18.2 Å². The number of aromatic nitrogens is 2. The van der Waals surface area contributed by atoms with Crippen molar-refractivity contribution in [3.63, 3.8) is 0 Å². The lowest BCUT2D eigenvalue weighted by Gasteiger charge is -2.08. The van der Waals surface area contributed by atoms with Crippen molar-refractivity contribution < 1.29 is 9.47 Å². The summed E-state index contributed by atoms with van der Waals surface area (Å²) in [6.45, 7) is 0.352. The molecule has 2 aromatic rings. The molecule has 0 radical (unpaired) electrons. The van der Waals surface area contributed by atoms with Gasteiger partial charge in [0, 0.05) is 18.0 Å². The third-order valence-corrected chi connectivity index (χ3v) is 2.58. The topological polar surface area (TPSA) is 44.2 Å². The smallest absolute Gasteiger partial charge is 0.219 e. The molecule has 0 bridgehead atoms. The number of hydrogen-bond donors (Lipinski definition) is 0. The summed E-state index contributed by atoms with van der Waals surface area (Å²) in [6.07, 6.45) is 4.97. The van der Waals surface area contributed by atoms with Gasteiger partial charge in [0.2, 0.25) is 5.88 Å². The second kappa shape index (κ2) is 7.37. The Labute approximate surface area is 122 Å². The van der Waals surface area contributed by atoms with E-state index in [2.05, 4.69) is 21.8 Å². The summed E-state index contributed by atoms with van der Waals surface area (Å²) in [6, 6.07) is 5.55. The monoisotopic (exact) mass is 288 g/mol. The SMILES string of the molecule is COc1ncccc1COc1cncc(C#CCCl)c1. The molecule has 5 heteroatoms. The first-order valence-corrected chi connectivity index (χ1v) is 6.47. The van der Waals surface area contributed by atoms with Crippen molar-refractivity contribution in [2.24, 2.45) is 0 Å². The van der Waals surface area contributed by atoms with Crippen LogP contribution in [0, 0.1) is 11.8 Å². The van der Waals surface area contributed by atoms with Gasteiger partial charge in [-0.3, -0.25) is 4.98 Å². The number of rotatable bonds is 4. The van der Waals surface area contributed by atoms with Crippen LogP contribution in [0.3, 0.4) is 0 Å². The molecule has 2 rings (SSSR count). The van der Waals surface area contributed by atoms with Gasteiger partial charge < -0.3 is 9.47 Å². The highest BCUT2D eigenvalue weighted by atomic mass is 35.5. The van der Waals surface area contributed by atoms with Crippen LogP contribution < -0.4 is 9.47 Å². The molecule has 4 nitrogen and oxygen atoms in total. The second-order valence-corrected chi connectivity index (χ2v) is 4.07. The van der Waals surface area contributed by atoms with E-state index in [1.807, 2.05) is 18.2 Å². The standard InChI is InChI=1S/C15H13ClN2O2/c1-19-15-13(5-3-7-18-15)11-20-14-8-12(4-2-6-16)9-17-10-14/h3,5,7-10H,6,11H2,1H3. The zero-order valence-corrected chi connectivity index (χ0v) is 11.7. The minimum Gasteiger partial charge on any atom is -0.487 e. The largest absolute Gasteiger partial charge is 0.487 e. The molecule has 2 heterocycles. The molecule has 0 amide bonds. The average molecular weight is 289 g/mol. The van der Waals surface area contributed by atoms with Gasteiger partial charge in [-0.15, -0.1) is 11.6 Å². The molecule has 0 aliphatic carbocycles. The molecule has 0 aliphatic heterocycles. The normalized spacial score (nSPS) is 9.50. The molecular weight excluding hydrogens is 276 g/mol. The molecule has 0 aliphatic rings. The number of hydrogen-bond acceptors (Lipinski definition) is 4. The van der Waals surface area contributed by atoms with Crippen molar-refractivity contribution in [1.29, 1.82) is 0 Å². The summed E-state index contributed by atoms with van der Waals surface area (Å²) in [5, 5.41) is 0. The predicted octanol–water partition coefficient (Wildman–Crippen LogP) is 2.65. The number of alkyl halides is 1. The number of pyridine rings is 2. The van der Waals surface area contributed by atoms with Crippen LogP contribution >= 0.6 is 11.6 Å². The second-order valence-electron chi connectivity index (χ2n) is 3.81. The van der Waals surface area contributed by atoms with Crippen LogP contribution in [0.25, 0.3) is 0 Å². The van der Waals surface area contributed by atoms with Gasteiger partial charge in [0.1, 0.15) is 12.4 Å². The first kappa shape index (κ1) is 14.2. The van der Waals surface area contributed by atoms with Gasteiger partial charge in [0.15, 0.2) is 0 Å². The minimum atomic E-state index is 0.290. The average Bonchev–Trinajstić information content (AvgIpc) is 2.51. The Hall–Kier alpha value is -2.25. The lowest BCUT2D eigenvalue weighted by Crippen LogP contribution is -2.00. The maximum atomic E-state index is 5.67. The van der Waals surface area contributed by atoms with Gasteiger partial charge in [0.25, 0.3) is 0 Å². The maximum absolute atomic E-state index is 5.67. The molecule has 0 saturated heterocycles. The van der Waals surface area contributed by atoms with E-state index in [9.17, 15) is 0 Å². The fraction of sp³-hybridized carbons (Fsp3) is 0.200. The van der Waals surface area contributed by atoms with Crippen molar-refractivity contribution in [2.45, 2.75) is 6.61 Å². The Balaban J connectivity index is 2.07.